The summed E-state index contributed by atoms with van der Waals surface area (Å²) in [5.41, 5.74) is 3.02. The van der Waals surface area contributed by atoms with Gasteiger partial charge in [-0.3, -0.25) is 4.98 Å². The van der Waals surface area contributed by atoms with Crippen LogP contribution in [0.3, 0.4) is 0 Å². The van der Waals surface area contributed by atoms with Crippen LogP contribution in [0.1, 0.15) is 35.4 Å². The Labute approximate surface area is 232 Å². The molecule has 40 heavy (non-hydrogen) atoms. The van der Waals surface area contributed by atoms with Crippen LogP contribution >= 0.6 is 11.3 Å². The number of halogens is 5. The maximum atomic E-state index is 12.9. The zero-order valence-corrected chi connectivity index (χ0v) is 22.7. The van der Waals surface area contributed by atoms with E-state index in [-0.39, 0.29) is 22.7 Å². The molecule has 3 heterocycles. The van der Waals surface area contributed by atoms with E-state index in [1.165, 1.54) is 6.33 Å². The van der Waals surface area contributed by atoms with Gasteiger partial charge in [-0.15, -0.1) is 11.3 Å². The van der Waals surface area contributed by atoms with Crippen molar-refractivity contribution in [3.8, 4) is 16.9 Å². The van der Waals surface area contributed by atoms with Crippen LogP contribution in [0.15, 0.2) is 48.9 Å². The molecule has 1 aromatic carbocycles. The number of benzene rings is 1. The van der Waals surface area contributed by atoms with Gasteiger partial charge in [0, 0.05) is 42.3 Å². The van der Waals surface area contributed by atoms with E-state index in [0.717, 1.165) is 41.7 Å². The first-order valence-electron chi connectivity index (χ1n) is 12.8. The second-order valence-corrected chi connectivity index (χ2v) is 11.1. The zero-order valence-electron chi connectivity index (χ0n) is 21.9. The van der Waals surface area contributed by atoms with Crippen molar-refractivity contribution in [3.63, 3.8) is 0 Å². The molecular weight excluding hydrogens is 549 g/mol. The summed E-state index contributed by atoms with van der Waals surface area (Å²) < 4.78 is 68.6. The van der Waals surface area contributed by atoms with E-state index in [0.29, 0.717) is 33.8 Å². The fraction of sp³-hybridized carbons (Fsp3) is 0.393. The molecule has 4 aromatic rings. The number of hydrogen-bond donors (Lipinski definition) is 1. The molecule has 6 nitrogen and oxygen atoms in total. The predicted molar refractivity (Wildman–Crippen MR) is 145 cm³/mol. The third-order valence-corrected chi connectivity index (χ3v) is 8.20. The molecule has 0 spiro atoms. The van der Waals surface area contributed by atoms with Gasteiger partial charge in [0.1, 0.15) is 22.7 Å². The molecule has 0 amide bonds. The molecule has 2 atom stereocenters. The summed E-state index contributed by atoms with van der Waals surface area (Å²) >= 11 is 1.06. The number of alkyl halides is 5. The first-order valence-corrected chi connectivity index (χ1v) is 13.6. The maximum absolute atomic E-state index is 12.9. The molecule has 0 unspecified atom stereocenters. The molecule has 12 heteroatoms. The monoisotopic (exact) mass is 577 g/mol. The lowest BCUT2D eigenvalue weighted by atomic mass is 10.0. The summed E-state index contributed by atoms with van der Waals surface area (Å²) in [6.07, 6.45) is 0.585. The van der Waals surface area contributed by atoms with Gasteiger partial charge in [0.05, 0.1) is 17.5 Å². The lowest BCUT2D eigenvalue weighted by Crippen LogP contribution is -2.33. The SMILES string of the molecule is Cc1ncc(-c2ccc(CN[C@H]3CC[C@@H](N(C)c4ncnc5sc(CC(F)(F)F)cc45)C3)cc2)cc1OC(F)F. The largest absolute Gasteiger partial charge is 0.433 e. The van der Waals surface area contributed by atoms with Gasteiger partial charge in [-0.1, -0.05) is 24.3 Å². The second kappa shape index (κ2) is 11.6. The highest BCUT2D eigenvalue weighted by molar-refractivity contribution is 7.18. The molecule has 1 saturated carbocycles. The van der Waals surface area contributed by atoms with Gasteiger partial charge in [0.2, 0.25) is 0 Å². The Morgan fingerprint density at radius 2 is 1.85 bits per heavy atom. The minimum absolute atomic E-state index is 0.0578. The number of aryl methyl sites for hydroxylation is 1. The van der Waals surface area contributed by atoms with Gasteiger partial charge in [0.25, 0.3) is 0 Å². The van der Waals surface area contributed by atoms with Crippen molar-refractivity contribution in [2.45, 2.75) is 64.0 Å². The van der Waals surface area contributed by atoms with Gasteiger partial charge in [-0.25, -0.2) is 9.97 Å². The minimum Gasteiger partial charge on any atom is -0.433 e. The van der Waals surface area contributed by atoms with Crippen LogP contribution in [-0.4, -0.2) is 46.9 Å². The van der Waals surface area contributed by atoms with E-state index >= 15 is 0 Å². The van der Waals surface area contributed by atoms with Crippen LogP contribution in [0.4, 0.5) is 27.8 Å². The minimum atomic E-state index is -4.27. The van der Waals surface area contributed by atoms with E-state index in [1.54, 1.807) is 25.3 Å². The Morgan fingerprint density at radius 1 is 1.07 bits per heavy atom. The molecule has 0 saturated heterocycles. The van der Waals surface area contributed by atoms with Crippen LogP contribution in [0.2, 0.25) is 0 Å². The number of fused-ring (bicyclic) bond motifs is 1. The van der Waals surface area contributed by atoms with E-state index in [9.17, 15) is 22.0 Å². The summed E-state index contributed by atoms with van der Waals surface area (Å²) in [7, 11) is 1.94. The number of nitrogens with one attached hydrogen (secondary N) is 1. The molecule has 212 valence electrons. The maximum Gasteiger partial charge on any atom is 0.393 e. The molecule has 5 rings (SSSR count). The van der Waals surface area contributed by atoms with Crippen molar-refractivity contribution < 1.29 is 26.7 Å². The second-order valence-electron chi connectivity index (χ2n) is 9.96. The van der Waals surface area contributed by atoms with Gasteiger partial charge in [-0.2, -0.15) is 22.0 Å². The van der Waals surface area contributed by atoms with Crippen molar-refractivity contribution in [1.29, 1.82) is 0 Å². The highest BCUT2D eigenvalue weighted by Crippen LogP contribution is 2.36. The van der Waals surface area contributed by atoms with Crippen LogP contribution < -0.4 is 15.0 Å². The highest BCUT2D eigenvalue weighted by atomic mass is 32.1. The number of aromatic nitrogens is 3. The van der Waals surface area contributed by atoms with Crippen LogP contribution in [-0.2, 0) is 13.0 Å². The first kappa shape index (κ1) is 28.2. The molecule has 0 aliphatic heterocycles. The molecule has 1 aliphatic carbocycles. The van der Waals surface area contributed by atoms with Crippen molar-refractivity contribution in [2.75, 3.05) is 11.9 Å². The fourth-order valence-corrected chi connectivity index (χ4v) is 6.11. The number of ether oxygens (including phenoxy) is 1. The van der Waals surface area contributed by atoms with Gasteiger partial charge in [-0.05, 0) is 49.4 Å². The van der Waals surface area contributed by atoms with Crippen LogP contribution in [0, 0.1) is 6.92 Å². The standard InChI is InChI=1S/C28H28F5N5OS/c1-16-24(39-27(29)30)9-19(14-34-16)18-5-3-17(4-6-18)13-35-20-7-8-21(10-20)38(2)25-23-11-22(12-28(31,32)33)40-26(23)37-15-36-25/h3-6,9,11,14-15,20-21,27,35H,7-8,10,12-13H2,1-2H3/t20-,21+/m0/s1. The lowest BCUT2D eigenvalue weighted by molar-refractivity contribution is -0.126. The Morgan fingerprint density at radius 3 is 2.58 bits per heavy atom. The summed E-state index contributed by atoms with van der Waals surface area (Å²) in [6, 6.07) is 11.4. The average molecular weight is 578 g/mol. The number of thiophene rings is 1. The Bertz CT molecular complexity index is 1460. The summed E-state index contributed by atoms with van der Waals surface area (Å²) in [5.74, 6) is 0.714. The quantitative estimate of drug-likeness (QED) is 0.218. The molecular formula is C28H28F5N5OS. The molecule has 1 aliphatic rings. The molecule has 0 bridgehead atoms. The van der Waals surface area contributed by atoms with Crippen molar-refractivity contribution in [2.24, 2.45) is 0 Å². The van der Waals surface area contributed by atoms with Crippen molar-refractivity contribution in [1.82, 2.24) is 20.3 Å². The molecule has 1 fully saturated rings. The van der Waals surface area contributed by atoms with Gasteiger partial charge < -0.3 is 15.0 Å². The van der Waals surface area contributed by atoms with Crippen LogP contribution in [0.25, 0.3) is 21.3 Å². The summed E-state index contributed by atoms with van der Waals surface area (Å²) in [6.45, 7) is -0.629. The van der Waals surface area contributed by atoms with Crippen LogP contribution in [0.5, 0.6) is 5.75 Å². The van der Waals surface area contributed by atoms with E-state index in [4.69, 9.17) is 0 Å². The molecule has 1 N–H and O–H groups in total. The molecule has 0 radical (unpaired) electrons. The van der Waals surface area contributed by atoms with Gasteiger partial charge in [0.15, 0.2) is 0 Å². The Balaban J connectivity index is 1.18. The van der Waals surface area contributed by atoms with E-state index in [1.807, 2.05) is 31.3 Å². The fourth-order valence-electron chi connectivity index (χ4n) is 5.09. The number of pyridine rings is 1. The van der Waals surface area contributed by atoms with Gasteiger partial charge >= 0.3 is 12.8 Å². The zero-order chi connectivity index (χ0) is 28.4. The predicted octanol–water partition coefficient (Wildman–Crippen LogP) is 6.92. The third kappa shape index (κ3) is 6.67. The third-order valence-electron chi connectivity index (χ3n) is 7.16. The summed E-state index contributed by atoms with van der Waals surface area (Å²) in [5, 5.41) is 4.26. The number of rotatable bonds is 9. The normalized spacial score (nSPS) is 17.6. The number of anilines is 1. The van der Waals surface area contributed by atoms with E-state index < -0.39 is 19.2 Å². The summed E-state index contributed by atoms with van der Waals surface area (Å²) in [4.78, 5) is 15.6. The molecule has 3 aromatic heterocycles. The Kier molecular flexibility index (Phi) is 8.18. The van der Waals surface area contributed by atoms with Crippen molar-refractivity contribution >= 4 is 27.4 Å². The number of hydrogen-bond acceptors (Lipinski definition) is 7. The topological polar surface area (TPSA) is 63.2 Å². The first-order chi connectivity index (χ1) is 19.1. The lowest BCUT2D eigenvalue weighted by Gasteiger charge is -2.26. The smallest absolute Gasteiger partial charge is 0.393 e. The highest BCUT2D eigenvalue weighted by Gasteiger charge is 2.31. The number of nitrogens with zero attached hydrogens (tertiary/aromatic N) is 4. The Hall–Kier alpha value is -3.38. The van der Waals surface area contributed by atoms with E-state index in [2.05, 4.69) is 29.9 Å². The van der Waals surface area contributed by atoms with Crippen molar-refractivity contribution in [3.05, 3.63) is 65.1 Å². The average Bonchev–Trinajstić information content (AvgIpc) is 3.54.